The Labute approximate surface area is 138 Å². The van der Waals surface area contributed by atoms with E-state index < -0.39 is 17.8 Å². The van der Waals surface area contributed by atoms with Gasteiger partial charge >= 0.3 is 12.2 Å². The maximum atomic E-state index is 12.5. The van der Waals surface area contributed by atoms with E-state index in [1.54, 1.807) is 0 Å². The number of rotatable bonds is 5. The zero-order valence-electron chi connectivity index (χ0n) is 13.1. The normalized spacial score (nSPS) is 11.0. The summed E-state index contributed by atoms with van der Waals surface area (Å²) in [6, 6.07) is 13.5. The highest BCUT2D eigenvalue weighted by Crippen LogP contribution is 2.29. The Morgan fingerprint density at radius 3 is 2.25 bits per heavy atom. The largest absolute Gasteiger partial charge is 0.416 e. The number of carbonyl (C=O) groups excluding carboxylic acids is 1. The van der Waals surface area contributed by atoms with Crippen LogP contribution in [0.5, 0.6) is 0 Å². The molecule has 0 saturated carbocycles. The maximum absolute atomic E-state index is 12.5. The lowest BCUT2D eigenvalue weighted by molar-refractivity contribution is -0.137. The summed E-state index contributed by atoms with van der Waals surface area (Å²) in [6.45, 7) is 1.00. The molecule has 0 atom stereocenters. The zero-order chi connectivity index (χ0) is 17.6. The smallest absolute Gasteiger partial charge is 0.373 e. The minimum Gasteiger partial charge on any atom is -0.373 e. The molecule has 2 N–H and O–H groups in total. The van der Waals surface area contributed by atoms with E-state index in [1.165, 1.54) is 12.1 Å². The lowest BCUT2D eigenvalue weighted by atomic mass is 10.2. The average molecular weight is 337 g/mol. The van der Waals surface area contributed by atoms with E-state index in [2.05, 4.69) is 10.6 Å². The van der Waals surface area contributed by atoms with Crippen molar-refractivity contribution >= 4 is 17.4 Å². The summed E-state index contributed by atoms with van der Waals surface area (Å²) in [5.74, 6) is 0. The third kappa shape index (κ3) is 5.19. The van der Waals surface area contributed by atoms with Crippen LogP contribution in [-0.4, -0.2) is 26.2 Å². The minimum absolute atomic E-state index is 0.303. The highest BCUT2D eigenvalue weighted by molar-refractivity contribution is 5.89. The Bertz CT molecular complexity index is 657. The summed E-state index contributed by atoms with van der Waals surface area (Å²) in [5, 5.41) is 5.16. The van der Waals surface area contributed by atoms with E-state index in [-0.39, 0.29) is 0 Å². The number of urea groups is 1. The third-order valence-electron chi connectivity index (χ3n) is 3.40. The first-order chi connectivity index (χ1) is 11.4. The fourth-order valence-corrected chi connectivity index (χ4v) is 2.07. The van der Waals surface area contributed by atoms with E-state index in [0.717, 1.165) is 17.8 Å². The van der Waals surface area contributed by atoms with Gasteiger partial charge in [0, 0.05) is 31.5 Å². The Morgan fingerprint density at radius 2 is 1.67 bits per heavy atom. The van der Waals surface area contributed by atoms with Gasteiger partial charge < -0.3 is 15.5 Å². The number of nitrogens with zero attached hydrogens (tertiary/aromatic N) is 1. The monoisotopic (exact) mass is 337 g/mol. The second-order valence-corrected chi connectivity index (χ2v) is 5.21. The van der Waals surface area contributed by atoms with Crippen molar-refractivity contribution in [2.75, 3.05) is 30.4 Å². The summed E-state index contributed by atoms with van der Waals surface area (Å²) < 4.78 is 37.4. The van der Waals surface area contributed by atoms with Crippen molar-refractivity contribution in [2.45, 2.75) is 6.18 Å². The number of amides is 2. The number of hydrogen-bond donors (Lipinski definition) is 2. The first kappa shape index (κ1) is 17.7. The van der Waals surface area contributed by atoms with Crippen LogP contribution in [0.2, 0.25) is 0 Å². The summed E-state index contributed by atoms with van der Waals surface area (Å²) in [7, 11) is 1.91. The Balaban J connectivity index is 1.77. The van der Waals surface area contributed by atoms with Crippen molar-refractivity contribution in [3.05, 3.63) is 60.2 Å². The molecule has 0 heterocycles. The molecule has 0 aromatic heterocycles. The van der Waals surface area contributed by atoms with Gasteiger partial charge in [-0.1, -0.05) is 18.2 Å². The van der Waals surface area contributed by atoms with Crippen LogP contribution in [0.25, 0.3) is 0 Å². The SMILES string of the molecule is CN(CCNC(=O)Nc1ccc(C(F)(F)F)cc1)c1ccccc1. The summed E-state index contributed by atoms with van der Waals surface area (Å²) in [6.07, 6.45) is -4.39. The van der Waals surface area contributed by atoms with Gasteiger partial charge in [0.25, 0.3) is 0 Å². The van der Waals surface area contributed by atoms with Crippen molar-refractivity contribution in [1.29, 1.82) is 0 Å². The number of hydrogen-bond acceptors (Lipinski definition) is 2. The van der Waals surface area contributed by atoms with Gasteiger partial charge in [0.2, 0.25) is 0 Å². The quantitative estimate of drug-likeness (QED) is 0.867. The van der Waals surface area contributed by atoms with E-state index in [4.69, 9.17) is 0 Å². The molecule has 0 spiro atoms. The summed E-state index contributed by atoms with van der Waals surface area (Å²) in [4.78, 5) is 13.7. The van der Waals surface area contributed by atoms with E-state index >= 15 is 0 Å². The molecule has 0 radical (unpaired) electrons. The first-order valence-corrected chi connectivity index (χ1v) is 7.34. The Morgan fingerprint density at radius 1 is 1.04 bits per heavy atom. The zero-order valence-corrected chi connectivity index (χ0v) is 13.1. The first-order valence-electron chi connectivity index (χ1n) is 7.34. The number of nitrogens with one attached hydrogen (secondary N) is 2. The molecule has 128 valence electrons. The third-order valence-corrected chi connectivity index (χ3v) is 3.40. The van der Waals surface area contributed by atoms with Crippen LogP contribution in [0.4, 0.5) is 29.3 Å². The number of anilines is 2. The Hall–Kier alpha value is -2.70. The van der Waals surface area contributed by atoms with Crippen LogP contribution in [0.1, 0.15) is 5.56 Å². The second kappa shape index (κ2) is 7.72. The van der Waals surface area contributed by atoms with Crippen molar-refractivity contribution < 1.29 is 18.0 Å². The van der Waals surface area contributed by atoms with Gasteiger partial charge in [-0.3, -0.25) is 0 Å². The van der Waals surface area contributed by atoms with Crippen LogP contribution < -0.4 is 15.5 Å². The second-order valence-electron chi connectivity index (χ2n) is 5.21. The topological polar surface area (TPSA) is 44.4 Å². The highest BCUT2D eigenvalue weighted by Gasteiger charge is 2.29. The standard InChI is InChI=1S/C17H18F3N3O/c1-23(15-5-3-2-4-6-15)12-11-21-16(24)22-14-9-7-13(8-10-14)17(18,19)20/h2-10H,11-12H2,1H3,(H2,21,22,24). The lowest BCUT2D eigenvalue weighted by Gasteiger charge is -2.19. The van der Waals surface area contributed by atoms with Crippen LogP contribution in [-0.2, 0) is 6.18 Å². The molecule has 2 amide bonds. The highest BCUT2D eigenvalue weighted by atomic mass is 19.4. The van der Waals surface area contributed by atoms with Crippen molar-refractivity contribution in [3.8, 4) is 0 Å². The van der Waals surface area contributed by atoms with Gasteiger partial charge in [0.15, 0.2) is 0 Å². The van der Waals surface area contributed by atoms with Gasteiger partial charge in [-0.25, -0.2) is 4.79 Å². The molecule has 24 heavy (non-hydrogen) atoms. The Kier molecular flexibility index (Phi) is 5.68. The van der Waals surface area contributed by atoms with Gasteiger partial charge in [-0.2, -0.15) is 13.2 Å². The van der Waals surface area contributed by atoms with Crippen LogP contribution in [0.3, 0.4) is 0 Å². The number of para-hydroxylation sites is 1. The molecule has 0 aliphatic carbocycles. The molecule has 0 saturated heterocycles. The summed E-state index contributed by atoms with van der Waals surface area (Å²) in [5.41, 5.74) is 0.581. The average Bonchev–Trinajstić information content (AvgIpc) is 2.55. The molecular formula is C17H18F3N3O. The predicted octanol–water partition coefficient (Wildman–Crippen LogP) is 3.96. The fraction of sp³-hybridized carbons (Fsp3) is 0.235. The van der Waals surface area contributed by atoms with E-state index in [9.17, 15) is 18.0 Å². The molecule has 2 aromatic rings. The number of halogens is 3. The molecule has 4 nitrogen and oxygen atoms in total. The van der Waals surface area contributed by atoms with Crippen molar-refractivity contribution in [1.82, 2.24) is 5.32 Å². The molecule has 0 unspecified atom stereocenters. The van der Waals surface area contributed by atoms with Gasteiger partial charge in [0.1, 0.15) is 0 Å². The predicted molar refractivity (Wildman–Crippen MR) is 88.2 cm³/mol. The van der Waals surface area contributed by atoms with Crippen LogP contribution in [0, 0.1) is 0 Å². The molecule has 0 bridgehead atoms. The molecule has 7 heteroatoms. The molecule has 0 fully saturated rings. The molecular weight excluding hydrogens is 319 g/mol. The number of likely N-dealkylation sites (N-methyl/N-ethyl adjacent to an activating group) is 1. The lowest BCUT2D eigenvalue weighted by Crippen LogP contribution is -2.35. The molecule has 0 aliphatic heterocycles. The van der Waals surface area contributed by atoms with Crippen LogP contribution >= 0.6 is 0 Å². The van der Waals surface area contributed by atoms with Gasteiger partial charge in [-0.15, -0.1) is 0 Å². The fourth-order valence-electron chi connectivity index (χ4n) is 2.07. The molecule has 0 aliphatic rings. The van der Waals surface area contributed by atoms with Gasteiger partial charge in [-0.05, 0) is 36.4 Å². The summed E-state index contributed by atoms with van der Waals surface area (Å²) >= 11 is 0. The number of benzene rings is 2. The number of alkyl halides is 3. The van der Waals surface area contributed by atoms with Crippen molar-refractivity contribution in [2.24, 2.45) is 0 Å². The van der Waals surface area contributed by atoms with Crippen LogP contribution in [0.15, 0.2) is 54.6 Å². The molecule has 2 rings (SSSR count). The van der Waals surface area contributed by atoms with E-state index in [0.29, 0.717) is 18.8 Å². The molecule has 2 aromatic carbocycles. The maximum Gasteiger partial charge on any atom is 0.416 e. The van der Waals surface area contributed by atoms with Gasteiger partial charge in [0.05, 0.1) is 5.56 Å². The minimum atomic E-state index is -4.39. The number of carbonyl (C=O) groups is 1. The van der Waals surface area contributed by atoms with Crippen molar-refractivity contribution in [3.63, 3.8) is 0 Å². The van der Waals surface area contributed by atoms with E-state index in [1.807, 2.05) is 42.3 Å².